The van der Waals surface area contributed by atoms with Crippen molar-refractivity contribution in [1.82, 2.24) is 4.90 Å². The number of thioether (sulfide) groups is 1. The quantitative estimate of drug-likeness (QED) is 0.475. The first-order valence-electron chi connectivity index (χ1n) is 10.8. The topological polar surface area (TPSA) is 61.8 Å². The first kappa shape index (κ1) is 23.9. The van der Waals surface area contributed by atoms with Crippen molar-refractivity contribution in [1.29, 1.82) is 0 Å². The van der Waals surface area contributed by atoms with Crippen LogP contribution in [0.4, 0.5) is 20.2 Å². The smallest absolute Gasteiger partial charge is 0.238 e. The predicted molar refractivity (Wildman–Crippen MR) is 125 cm³/mol. The molecule has 2 amide bonds. The Hall–Kier alpha value is -2.74. The Labute approximate surface area is 191 Å². The Morgan fingerprint density at radius 1 is 1.03 bits per heavy atom. The van der Waals surface area contributed by atoms with Gasteiger partial charge in [0, 0.05) is 18.7 Å². The van der Waals surface area contributed by atoms with E-state index in [1.807, 2.05) is 0 Å². The van der Waals surface area contributed by atoms with Crippen molar-refractivity contribution in [3.63, 3.8) is 0 Å². The highest BCUT2D eigenvalue weighted by atomic mass is 32.2. The molecule has 0 radical (unpaired) electrons. The summed E-state index contributed by atoms with van der Waals surface area (Å²) in [6.45, 7) is 2.68. The number of amides is 2. The van der Waals surface area contributed by atoms with E-state index in [4.69, 9.17) is 0 Å². The summed E-state index contributed by atoms with van der Waals surface area (Å²) in [6, 6.07) is 11.2. The minimum atomic E-state index is -0.664. The van der Waals surface area contributed by atoms with E-state index in [0.29, 0.717) is 23.1 Å². The minimum absolute atomic E-state index is 0.0507. The van der Waals surface area contributed by atoms with E-state index in [1.165, 1.54) is 60.3 Å². The first-order chi connectivity index (χ1) is 15.5. The molecule has 0 aliphatic carbocycles. The molecule has 1 atom stereocenters. The van der Waals surface area contributed by atoms with Gasteiger partial charge in [0.15, 0.2) is 5.17 Å². The molecule has 0 spiro atoms. The third kappa shape index (κ3) is 6.88. The van der Waals surface area contributed by atoms with E-state index in [1.54, 1.807) is 4.90 Å². The molecule has 2 aromatic carbocycles. The van der Waals surface area contributed by atoms with Crippen LogP contribution < -0.4 is 5.32 Å². The lowest BCUT2D eigenvalue weighted by Crippen LogP contribution is -2.45. The molecule has 3 rings (SSSR count). The van der Waals surface area contributed by atoms with Crippen LogP contribution in [0.2, 0.25) is 0 Å². The molecular weight excluding hydrogens is 432 g/mol. The molecule has 1 saturated heterocycles. The molecular formula is C24H27F2N3O2S. The second kappa shape index (κ2) is 11.8. The third-order valence-corrected chi connectivity index (χ3v) is 6.27. The summed E-state index contributed by atoms with van der Waals surface area (Å²) in [5, 5.41) is 2.50. The number of rotatable bonds is 9. The molecule has 0 saturated carbocycles. The Morgan fingerprint density at radius 3 is 2.31 bits per heavy atom. The van der Waals surface area contributed by atoms with Gasteiger partial charge in [-0.3, -0.25) is 14.5 Å². The normalized spacial score (nSPS) is 17.6. The zero-order valence-corrected chi connectivity index (χ0v) is 18.8. The van der Waals surface area contributed by atoms with Gasteiger partial charge in [-0.15, -0.1) is 0 Å². The highest BCUT2D eigenvalue weighted by Gasteiger charge is 2.35. The minimum Gasteiger partial charge on any atom is -0.325 e. The van der Waals surface area contributed by atoms with E-state index in [0.717, 1.165) is 32.1 Å². The molecule has 170 valence electrons. The largest absolute Gasteiger partial charge is 0.325 e. The number of hydrogen-bond donors (Lipinski definition) is 1. The summed E-state index contributed by atoms with van der Waals surface area (Å²) in [5.41, 5.74) is 0.970. The summed E-state index contributed by atoms with van der Waals surface area (Å²) in [6.07, 6.45) is 5.32. The fourth-order valence-electron chi connectivity index (χ4n) is 3.32. The molecule has 1 heterocycles. The van der Waals surface area contributed by atoms with Gasteiger partial charge in [0.05, 0.1) is 5.69 Å². The molecule has 32 heavy (non-hydrogen) atoms. The summed E-state index contributed by atoms with van der Waals surface area (Å²) in [7, 11) is 0. The van der Waals surface area contributed by atoms with E-state index >= 15 is 0 Å². The number of halogens is 2. The summed E-state index contributed by atoms with van der Waals surface area (Å²) in [5.74, 6) is -1.28. The predicted octanol–water partition coefficient (Wildman–Crippen LogP) is 5.90. The van der Waals surface area contributed by atoms with E-state index < -0.39 is 11.1 Å². The number of carbonyl (C=O) groups is 2. The van der Waals surface area contributed by atoms with E-state index in [2.05, 4.69) is 17.2 Å². The second-order valence-electron chi connectivity index (χ2n) is 7.64. The van der Waals surface area contributed by atoms with Crippen LogP contribution >= 0.6 is 11.8 Å². The number of benzene rings is 2. The number of carbonyl (C=O) groups excluding carboxylic acids is 2. The third-order valence-electron chi connectivity index (χ3n) is 5.08. The molecule has 1 aliphatic rings. The van der Waals surface area contributed by atoms with Crippen molar-refractivity contribution >= 4 is 40.1 Å². The lowest BCUT2D eigenvalue weighted by atomic mass is 10.1. The Morgan fingerprint density at radius 2 is 1.66 bits per heavy atom. The summed E-state index contributed by atoms with van der Waals surface area (Å²) >= 11 is 1.22. The number of amidine groups is 1. The average Bonchev–Trinajstić information content (AvgIpc) is 2.78. The lowest BCUT2D eigenvalue weighted by Gasteiger charge is -2.31. The zero-order chi connectivity index (χ0) is 22.9. The first-order valence-corrected chi connectivity index (χ1v) is 11.7. The van der Waals surface area contributed by atoms with Crippen LogP contribution in [0.15, 0.2) is 53.5 Å². The highest BCUT2D eigenvalue weighted by Crippen LogP contribution is 2.30. The van der Waals surface area contributed by atoms with Crippen molar-refractivity contribution in [3.05, 3.63) is 60.2 Å². The van der Waals surface area contributed by atoms with Crippen molar-refractivity contribution in [2.45, 2.75) is 50.7 Å². The number of hydrogen-bond acceptors (Lipinski definition) is 4. The maximum absolute atomic E-state index is 13.3. The molecule has 1 N–H and O–H groups in total. The molecule has 0 aromatic heterocycles. The molecule has 1 unspecified atom stereocenters. The van der Waals surface area contributed by atoms with Crippen LogP contribution in [0.3, 0.4) is 0 Å². The van der Waals surface area contributed by atoms with Gasteiger partial charge in [0.1, 0.15) is 16.9 Å². The van der Waals surface area contributed by atoms with Crippen molar-refractivity contribution in [2.24, 2.45) is 4.99 Å². The maximum Gasteiger partial charge on any atom is 0.238 e. The van der Waals surface area contributed by atoms with Crippen LogP contribution in [0, 0.1) is 11.6 Å². The van der Waals surface area contributed by atoms with Gasteiger partial charge in [-0.1, -0.05) is 44.4 Å². The standard InChI is InChI=1S/C24H27F2N3O2S/c1-2-3-4-5-6-15-29-22(30)16-21(23(31)27-19-11-7-17(25)8-12-19)32-24(29)28-20-13-9-18(26)10-14-20/h7-14,21H,2-6,15-16H2,1H3,(H,27,31). The van der Waals surface area contributed by atoms with Gasteiger partial charge in [-0.25, -0.2) is 13.8 Å². The Kier molecular flexibility index (Phi) is 8.79. The van der Waals surface area contributed by atoms with E-state index in [-0.39, 0.29) is 24.1 Å². The summed E-state index contributed by atoms with van der Waals surface area (Å²) < 4.78 is 26.4. The molecule has 1 aliphatic heterocycles. The maximum atomic E-state index is 13.3. The van der Waals surface area contributed by atoms with Crippen molar-refractivity contribution < 1.29 is 18.4 Å². The van der Waals surface area contributed by atoms with Crippen LogP contribution in [-0.2, 0) is 9.59 Å². The number of unbranched alkanes of at least 4 members (excludes halogenated alkanes) is 4. The average molecular weight is 460 g/mol. The van der Waals surface area contributed by atoms with Crippen LogP contribution in [0.25, 0.3) is 0 Å². The molecule has 2 aromatic rings. The van der Waals surface area contributed by atoms with Crippen molar-refractivity contribution in [2.75, 3.05) is 11.9 Å². The van der Waals surface area contributed by atoms with Crippen LogP contribution in [-0.4, -0.2) is 33.7 Å². The lowest BCUT2D eigenvalue weighted by molar-refractivity contribution is -0.129. The van der Waals surface area contributed by atoms with Crippen LogP contribution in [0.5, 0.6) is 0 Å². The van der Waals surface area contributed by atoms with Gasteiger partial charge in [0.2, 0.25) is 11.8 Å². The zero-order valence-electron chi connectivity index (χ0n) is 18.0. The van der Waals surface area contributed by atoms with Crippen LogP contribution in [0.1, 0.15) is 45.4 Å². The van der Waals surface area contributed by atoms with Gasteiger partial charge < -0.3 is 5.32 Å². The molecule has 8 heteroatoms. The second-order valence-corrected chi connectivity index (χ2v) is 8.81. The fourth-order valence-corrected chi connectivity index (χ4v) is 4.44. The van der Waals surface area contributed by atoms with Gasteiger partial charge >= 0.3 is 0 Å². The SMILES string of the molecule is CCCCCCCN1C(=O)CC(C(=O)Nc2ccc(F)cc2)SC1=Nc1ccc(F)cc1. The number of anilines is 1. The monoisotopic (exact) mass is 459 g/mol. The highest BCUT2D eigenvalue weighted by molar-refractivity contribution is 8.15. The van der Waals surface area contributed by atoms with E-state index in [9.17, 15) is 18.4 Å². The molecule has 0 bridgehead atoms. The summed E-state index contributed by atoms with van der Waals surface area (Å²) in [4.78, 5) is 31.9. The molecule has 5 nitrogen and oxygen atoms in total. The number of nitrogens with zero attached hydrogens (tertiary/aromatic N) is 2. The fraction of sp³-hybridized carbons (Fsp3) is 0.375. The van der Waals surface area contributed by atoms with Gasteiger partial charge in [-0.2, -0.15) is 0 Å². The Balaban J connectivity index is 1.74. The van der Waals surface area contributed by atoms with Crippen molar-refractivity contribution in [3.8, 4) is 0 Å². The Bertz CT molecular complexity index is 949. The number of nitrogens with one attached hydrogen (secondary N) is 1. The molecule has 1 fully saturated rings. The van der Waals surface area contributed by atoms with Gasteiger partial charge in [-0.05, 0) is 55.0 Å². The van der Waals surface area contributed by atoms with Gasteiger partial charge in [0.25, 0.3) is 0 Å². The number of aliphatic imine (C=N–C) groups is 1.